The third kappa shape index (κ3) is 3.94. The molecule has 0 aromatic carbocycles. The average molecular weight is 226 g/mol. The van der Waals surface area contributed by atoms with Crippen LogP contribution in [0.25, 0.3) is 0 Å². The van der Waals surface area contributed by atoms with E-state index >= 15 is 0 Å². The van der Waals surface area contributed by atoms with E-state index in [-0.39, 0.29) is 0 Å². The molecule has 0 aliphatic carbocycles. The molecule has 0 saturated carbocycles. The van der Waals surface area contributed by atoms with Gasteiger partial charge in [-0.05, 0) is 47.0 Å². The van der Waals surface area contributed by atoms with Gasteiger partial charge in [-0.1, -0.05) is 6.08 Å². The molecule has 1 aliphatic heterocycles. The fraction of sp³-hybridized carbons (Fsp3) is 0.750. The van der Waals surface area contributed by atoms with E-state index in [1.807, 2.05) is 0 Å². The lowest BCUT2D eigenvalue weighted by Gasteiger charge is -2.34. The summed E-state index contributed by atoms with van der Waals surface area (Å²) >= 11 is 0. The van der Waals surface area contributed by atoms with Crippen LogP contribution >= 0.6 is 0 Å². The number of hydrogen-bond donors (Lipinski definition) is 1. The fourth-order valence-electron chi connectivity index (χ4n) is 1.97. The summed E-state index contributed by atoms with van der Waals surface area (Å²) < 4.78 is 0. The first-order valence-corrected chi connectivity index (χ1v) is 5.79. The third-order valence-corrected chi connectivity index (χ3v) is 3.28. The summed E-state index contributed by atoms with van der Waals surface area (Å²) in [5.74, 6) is -0.817. The van der Waals surface area contributed by atoms with E-state index in [0.29, 0.717) is 11.6 Å². The van der Waals surface area contributed by atoms with Crippen molar-refractivity contribution in [3.63, 3.8) is 0 Å². The smallest absolute Gasteiger partial charge is 0.330 e. The Bertz CT molecular complexity index is 266. The van der Waals surface area contributed by atoms with Crippen LogP contribution in [0.5, 0.6) is 0 Å². The monoisotopic (exact) mass is 226 g/mol. The second-order valence-corrected chi connectivity index (χ2v) is 4.69. The Morgan fingerprint density at radius 2 is 2.00 bits per heavy atom. The number of piperidine rings is 1. The molecule has 1 heterocycles. The molecule has 16 heavy (non-hydrogen) atoms. The zero-order chi connectivity index (χ0) is 12.1. The maximum atomic E-state index is 10.6. The van der Waals surface area contributed by atoms with Gasteiger partial charge in [-0.2, -0.15) is 0 Å². The highest BCUT2D eigenvalue weighted by atomic mass is 16.4. The van der Waals surface area contributed by atoms with Crippen molar-refractivity contribution in [3.8, 4) is 0 Å². The van der Waals surface area contributed by atoms with Crippen molar-refractivity contribution in [2.75, 3.05) is 33.7 Å². The highest BCUT2D eigenvalue weighted by Gasteiger charge is 2.19. The normalized spacial score (nSPS) is 20.4. The summed E-state index contributed by atoms with van der Waals surface area (Å²) in [6, 6.07) is 0.681. The lowest BCUT2D eigenvalue weighted by Crippen LogP contribution is -2.41. The number of carboxylic acids is 1. The predicted molar refractivity (Wildman–Crippen MR) is 64.5 cm³/mol. The van der Waals surface area contributed by atoms with E-state index in [4.69, 9.17) is 5.11 Å². The van der Waals surface area contributed by atoms with E-state index in [9.17, 15) is 4.79 Å². The van der Waals surface area contributed by atoms with Gasteiger partial charge in [0.1, 0.15) is 0 Å². The second-order valence-electron chi connectivity index (χ2n) is 4.69. The highest BCUT2D eigenvalue weighted by Crippen LogP contribution is 2.14. The molecule has 0 aromatic heterocycles. The molecule has 0 amide bonds. The molecular weight excluding hydrogens is 204 g/mol. The molecule has 1 saturated heterocycles. The van der Waals surface area contributed by atoms with Crippen molar-refractivity contribution in [3.05, 3.63) is 11.6 Å². The first-order valence-electron chi connectivity index (χ1n) is 5.79. The van der Waals surface area contributed by atoms with Gasteiger partial charge in [0.05, 0.1) is 0 Å². The van der Waals surface area contributed by atoms with E-state index < -0.39 is 5.97 Å². The Morgan fingerprint density at radius 1 is 1.44 bits per heavy atom. The summed E-state index contributed by atoms with van der Waals surface area (Å²) in [6.07, 6.45) is 4.15. The SMILES string of the molecule is CC(=CCN1CCC(N(C)C)CC1)C(=O)O. The maximum absolute atomic E-state index is 10.6. The van der Waals surface area contributed by atoms with Crippen LogP contribution in [0.3, 0.4) is 0 Å². The first-order chi connectivity index (χ1) is 7.50. The molecule has 1 N–H and O–H groups in total. The summed E-state index contributed by atoms with van der Waals surface area (Å²) in [5, 5.41) is 8.73. The Kier molecular flexibility index (Phi) is 4.96. The number of aliphatic carboxylic acids is 1. The van der Waals surface area contributed by atoms with Gasteiger partial charge in [0.15, 0.2) is 0 Å². The van der Waals surface area contributed by atoms with Crippen molar-refractivity contribution in [1.29, 1.82) is 0 Å². The summed E-state index contributed by atoms with van der Waals surface area (Å²) in [7, 11) is 4.24. The van der Waals surface area contributed by atoms with E-state index in [2.05, 4.69) is 23.9 Å². The molecule has 1 aliphatic rings. The topological polar surface area (TPSA) is 43.8 Å². The highest BCUT2D eigenvalue weighted by molar-refractivity contribution is 5.85. The Hall–Kier alpha value is -0.870. The number of likely N-dealkylation sites (tertiary alicyclic amines) is 1. The van der Waals surface area contributed by atoms with Crippen LogP contribution in [0.1, 0.15) is 19.8 Å². The number of rotatable bonds is 4. The van der Waals surface area contributed by atoms with E-state index in [1.54, 1.807) is 13.0 Å². The third-order valence-electron chi connectivity index (χ3n) is 3.28. The van der Waals surface area contributed by atoms with Crippen molar-refractivity contribution >= 4 is 5.97 Å². The zero-order valence-electron chi connectivity index (χ0n) is 10.4. The van der Waals surface area contributed by atoms with Gasteiger partial charge >= 0.3 is 5.97 Å². The van der Waals surface area contributed by atoms with Crippen LogP contribution in [-0.4, -0.2) is 60.6 Å². The number of carbonyl (C=O) groups is 1. The zero-order valence-corrected chi connectivity index (χ0v) is 10.4. The summed E-state index contributed by atoms with van der Waals surface area (Å²) in [4.78, 5) is 15.2. The molecule has 0 radical (unpaired) electrons. The van der Waals surface area contributed by atoms with Gasteiger partial charge in [0.2, 0.25) is 0 Å². The molecule has 4 nitrogen and oxygen atoms in total. The van der Waals surface area contributed by atoms with Gasteiger partial charge < -0.3 is 10.0 Å². The molecule has 0 aromatic rings. The summed E-state index contributed by atoms with van der Waals surface area (Å²) in [5.41, 5.74) is 0.440. The minimum absolute atomic E-state index is 0.440. The molecule has 0 unspecified atom stereocenters. The van der Waals surface area contributed by atoms with Crippen molar-refractivity contribution in [2.24, 2.45) is 0 Å². The van der Waals surface area contributed by atoms with Crippen molar-refractivity contribution in [1.82, 2.24) is 9.80 Å². The standard InChI is InChI=1S/C12H22N2O2/c1-10(12(15)16)4-7-14-8-5-11(6-9-14)13(2)3/h4,11H,5-9H2,1-3H3,(H,15,16). The van der Waals surface area contributed by atoms with Crippen molar-refractivity contribution in [2.45, 2.75) is 25.8 Å². The molecule has 92 valence electrons. The van der Waals surface area contributed by atoms with Gasteiger partial charge in [0, 0.05) is 18.2 Å². The fourth-order valence-corrected chi connectivity index (χ4v) is 1.97. The predicted octanol–water partition coefficient (Wildman–Crippen LogP) is 1.04. The quantitative estimate of drug-likeness (QED) is 0.728. The van der Waals surface area contributed by atoms with Crippen LogP contribution in [0, 0.1) is 0 Å². The maximum Gasteiger partial charge on any atom is 0.330 e. The number of hydrogen-bond acceptors (Lipinski definition) is 3. The van der Waals surface area contributed by atoms with Crippen LogP contribution < -0.4 is 0 Å². The van der Waals surface area contributed by atoms with Crippen LogP contribution in [-0.2, 0) is 4.79 Å². The van der Waals surface area contributed by atoms with Crippen LogP contribution in [0.15, 0.2) is 11.6 Å². The number of carboxylic acid groups (broad SMARTS) is 1. The van der Waals surface area contributed by atoms with E-state index in [1.165, 1.54) is 12.8 Å². The molecule has 0 spiro atoms. The number of nitrogens with zero attached hydrogens (tertiary/aromatic N) is 2. The Balaban J connectivity index is 2.32. The van der Waals surface area contributed by atoms with E-state index in [0.717, 1.165) is 19.6 Å². The van der Waals surface area contributed by atoms with Crippen LogP contribution in [0.4, 0.5) is 0 Å². The molecule has 4 heteroatoms. The molecule has 1 fully saturated rings. The van der Waals surface area contributed by atoms with Gasteiger partial charge in [-0.3, -0.25) is 4.90 Å². The molecular formula is C12H22N2O2. The van der Waals surface area contributed by atoms with Gasteiger partial charge in [0.25, 0.3) is 0 Å². The average Bonchev–Trinajstić information content (AvgIpc) is 2.26. The Morgan fingerprint density at radius 3 is 2.44 bits per heavy atom. The van der Waals surface area contributed by atoms with Crippen LogP contribution in [0.2, 0.25) is 0 Å². The molecule has 0 bridgehead atoms. The van der Waals surface area contributed by atoms with Gasteiger partial charge in [-0.25, -0.2) is 4.79 Å². The first kappa shape index (κ1) is 13.2. The van der Waals surface area contributed by atoms with Crippen molar-refractivity contribution < 1.29 is 9.90 Å². The largest absolute Gasteiger partial charge is 0.478 e. The Labute approximate surface area is 97.5 Å². The molecule has 0 atom stereocenters. The second kappa shape index (κ2) is 6.01. The van der Waals surface area contributed by atoms with Gasteiger partial charge in [-0.15, -0.1) is 0 Å². The lowest BCUT2D eigenvalue weighted by atomic mass is 10.0. The minimum Gasteiger partial charge on any atom is -0.478 e. The summed E-state index contributed by atoms with van der Waals surface area (Å²) in [6.45, 7) is 4.53. The lowest BCUT2D eigenvalue weighted by molar-refractivity contribution is -0.132. The minimum atomic E-state index is -0.817. The molecule has 1 rings (SSSR count).